The van der Waals surface area contributed by atoms with Crippen molar-refractivity contribution in [1.82, 2.24) is 4.90 Å². The van der Waals surface area contributed by atoms with Crippen molar-refractivity contribution in [2.24, 2.45) is 0 Å². The van der Waals surface area contributed by atoms with Crippen LogP contribution in [0.2, 0.25) is 0 Å². The predicted molar refractivity (Wildman–Crippen MR) is 113 cm³/mol. The van der Waals surface area contributed by atoms with Gasteiger partial charge in [-0.3, -0.25) is 4.90 Å². The summed E-state index contributed by atoms with van der Waals surface area (Å²) >= 11 is 0. The van der Waals surface area contributed by atoms with Crippen molar-refractivity contribution >= 4 is 6.09 Å². The minimum absolute atomic E-state index is 0.164. The van der Waals surface area contributed by atoms with Gasteiger partial charge in [-0.05, 0) is 63.1 Å². The summed E-state index contributed by atoms with van der Waals surface area (Å²) in [6, 6.07) is 19.8. The first kappa shape index (κ1) is 18.8. The molecule has 0 aromatic heterocycles. The van der Waals surface area contributed by atoms with Crippen LogP contribution in [0.4, 0.5) is 4.79 Å². The van der Waals surface area contributed by atoms with Gasteiger partial charge in [0.25, 0.3) is 0 Å². The minimum atomic E-state index is -0.443. The average Bonchev–Trinajstić information content (AvgIpc) is 2.93. The Morgan fingerprint density at radius 2 is 1.68 bits per heavy atom. The molecule has 2 aromatic carbocycles. The number of amides is 1. The molecule has 2 unspecified atom stereocenters. The van der Waals surface area contributed by atoms with Crippen LogP contribution in [0.15, 0.2) is 66.2 Å². The number of ether oxygens (including phenoxy) is 1. The van der Waals surface area contributed by atoms with Gasteiger partial charge in [-0.25, -0.2) is 4.79 Å². The summed E-state index contributed by atoms with van der Waals surface area (Å²) in [4.78, 5) is 14.6. The fourth-order valence-corrected chi connectivity index (χ4v) is 4.36. The summed E-state index contributed by atoms with van der Waals surface area (Å²) in [7, 11) is 0. The fraction of sp³-hybridized carbons (Fsp3) is 0.400. The molecule has 0 saturated carbocycles. The molecule has 1 fully saturated rings. The van der Waals surface area contributed by atoms with Gasteiger partial charge in [0.15, 0.2) is 0 Å². The molecule has 2 aromatic rings. The highest BCUT2D eigenvalue weighted by molar-refractivity contribution is 5.70. The van der Waals surface area contributed by atoms with Gasteiger partial charge in [0.05, 0.1) is 6.04 Å². The van der Waals surface area contributed by atoms with Crippen molar-refractivity contribution in [2.45, 2.75) is 64.1 Å². The molecular weight excluding hydrogens is 346 g/mol. The standard InChI is InChI=1S/C25H29NO2/c1-25(2,3)28-24(27)26-22-13-14-23(26)17-19(16-22)15-18-9-11-21(12-10-18)20-7-5-4-6-8-20/h4-12,16,22-23H,13-15,17H2,1-3H3. The largest absolute Gasteiger partial charge is 0.444 e. The van der Waals surface area contributed by atoms with Crippen molar-refractivity contribution in [3.63, 3.8) is 0 Å². The fourth-order valence-electron chi connectivity index (χ4n) is 4.36. The van der Waals surface area contributed by atoms with Crippen LogP contribution in [0.5, 0.6) is 0 Å². The molecule has 146 valence electrons. The van der Waals surface area contributed by atoms with Crippen LogP contribution < -0.4 is 0 Å². The lowest BCUT2D eigenvalue weighted by molar-refractivity contribution is 0.0166. The highest BCUT2D eigenvalue weighted by Crippen LogP contribution is 2.37. The topological polar surface area (TPSA) is 29.5 Å². The highest BCUT2D eigenvalue weighted by Gasteiger charge is 2.41. The third-order valence-corrected chi connectivity index (χ3v) is 5.57. The van der Waals surface area contributed by atoms with E-state index >= 15 is 0 Å². The van der Waals surface area contributed by atoms with Crippen molar-refractivity contribution in [3.8, 4) is 11.1 Å². The van der Waals surface area contributed by atoms with E-state index in [0.717, 1.165) is 25.7 Å². The zero-order valence-corrected chi connectivity index (χ0v) is 17.0. The summed E-state index contributed by atoms with van der Waals surface area (Å²) in [5.41, 5.74) is 4.83. The lowest BCUT2D eigenvalue weighted by Crippen LogP contribution is -2.45. The van der Waals surface area contributed by atoms with Crippen LogP contribution in [0.3, 0.4) is 0 Å². The Kier molecular flexibility index (Phi) is 5.01. The van der Waals surface area contributed by atoms with Gasteiger partial charge in [0.1, 0.15) is 5.60 Å². The third-order valence-electron chi connectivity index (χ3n) is 5.57. The number of benzene rings is 2. The lowest BCUT2D eigenvalue weighted by atomic mass is 9.94. The van der Waals surface area contributed by atoms with Gasteiger partial charge in [0, 0.05) is 6.04 Å². The molecule has 0 aliphatic carbocycles. The number of carbonyl (C=O) groups is 1. The molecule has 28 heavy (non-hydrogen) atoms. The van der Waals surface area contributed by atoms with Gasteiger partial charge in [0.2, 0.25) is 0 Å². The Morgan fingerprint density at radius 1 is 1.00 bits per heavy atom. The maximum Gasteiger partial charge on any atom is 0.411 e. The molecule has 0 spiro atoms. The second-order valence-corrected chi connectivity index (χ2v) is 8.95. The Labute approximate surface area is 168 Å². The van der Waals surface area contributed by atoms with Crippen molar-refractivity contribution < 1.29 is 9.53 Å². The molecule has 0 N–H and O–H groups in total. The second kappa shape index (κ2) is 7.46. The highest BCUT2D eigenvalue weighted by atomic mass is 16.6. The SMILES string of the molecule is CC(C)(C)OC(=O)N1C2C=C(Cc3ccc(-c4ccccc4)cc3)CC1CC2. The number of hydrogen-bond acceptors (Lipinski definition) is 2. The zero-order chi connectivity index (χ0) is 19.7. The van der Waals surface area contributed by atoms with Crippen molar-refractivity contribution in [2.75, 3.05) is 0 Å². The first-order chi connectivity index (χ1) is 13.4. The molecular formula is C25H29NO2. The van der Waals surface area contributed by atoms with E-state index < -0.39 is 5.60 Å². The number of nitrogens with zero attached hydrogens (tertiary/aromatic N) is 1. The van der Waals surface area contributed by atoms with Gasteiger partial charge >= 0.3 is 6.09 Å². The summed E-state index contributed by atoms with van der Waals surface area (Å²) in [6.07, 6.45) is 6.17. The lowest BCUT2D eigenvalue weighted by Gasteiger charge is -2.35. The maximum atomic E-state index is 12.6. The van der Waals surface area contributed by atoms with Crippen LogP contribution in [0, 0.1) is 0 Å². The van der Waals surface area contributed by atoms with E-state index in [4.69, 9.17) is 4.74 Å². The van der Waals surface area contributed by atoms with E-state index in [-0.39, 0.29) is 18.2 Å². The van der Waals surface area contributed by atoms with Crippen LogP contribution in [0.1, 0.15) is 45.6 Å². The van der Waals surface area contributed by atoms with Crippen LogP contribution >= 0.6 is 0 Å². The Morgan fingerprint density at radius 3 is 2.32 bits per heavy atom. The number of hydrogen-bond donors (Lipinski definition) is 0. The van der Waals surface area contributed by atoms with Crippen LogP contribution in [-0.2, 0) is 11.2 Å². The van der Waals surface area contributed by atoms with Crippen LogP contribution in [0.25, 0.3) is 11.1 Å². The zero-order valence-electron chi connectivity index (χ0n) is 17.0. The van der Waals surface area contributed by atoms with E-state index in [1.807, 2.05) is 31.7 Å². The predicted octanol–water partition coefficient (Wildman–Crippen LogP) is 5.99. The molecule has 3 nitrogen and oxygen atoms in total. The number of rotatable bonds is 3. The number of fused-ring (bicyclic) bond motifs is 2. The molecule has 2 atom stereocenters. The van der Waals surface area contributed by atoms with E-state index in [1.54, 1.807) is 0 Å². The molecule has 1 saturated heterocycles. The molecule has 2 aliphatic rings. The summed E-state index contributed by atoms with van der Waals surface area (Å²) < 4.78 is 5.62. The van der Waals surface area contributed by atoms with Crippen molar-refractivity contribution in [1.29, 1.82) is 0 Å². The molecule has 2 bridgehead atoms. The maximum absolute atomic E-state index is 12.6. The van der Waals surface area contributed by atoms with E-state index in [9.17, 15) is 4.79 Å². The molecule has 2 heterocycles. The van der Waals surface area contributed by atoms with Crippen LogP contribution in [-0.4, -0.2) is 28.7 Å². The normalized spacial score (nSPS) is 21.4. The van der Waals surface area contributed by atoms with Gasteiger partial charge in [-0.2, -0.15) is 0 Å². The summed E-state index contributed by atoms with van der Waals surface area (Å²) in [6.45, 7) is 5.78. The van der Waals surface area contributed by atoms with E-state index in [0.29, 0.717) is 0 Å². The van der Waals surface area contributed by atoms with Gasteiger partial charge in [-0.1, -0.05) is 66.2 Å². The quantitative estimate of drug-likeness (QED) is 0.616. The monoisotopic (exact) mass is 375 g/mol. The molecule has 0 radical (unpaired) electrons. The minimum Gasteiger partial charge on any atom is -0.444 e. The molecule has 4 rings (SSSR count). The third kappa shape index (κ3) is 4.14. The second-order valence-electron chi connectivity index (χ2n) is 8.95. The van der Waals surface area contributed by atoms with Crippen molar-refractivity contribution in [3.05, 3.63) is 71.8 Å². The van der Waals surface area contributed by atoms with Gasteiger partial charge in [-0.15, -0.1) is 0 Å². The first-order valence-electron chi connectivity index (χ1n) is 10.2. The van der Waals surface area contributed by atoms with E-state index in [1.165, 1.54) is 22.3 Å². The smallest absolute Gasteiger partial charge is 0.411 e. The molecule has 3 heteroatoms. The Hall–Kier alpha value is -2.55. The Bertz CT molecular complexity index is 862. The molecule has 2 aliphatic heterocycles. The van der Waals surface area contributed by atoms with E-state index in [2.05, 4.69) is 54.6 Å². The first-order valence-corrected chi connectivity index (χ1v) is 10.2. The summed E-state index contributed by atoms with van der Waals surface area (Å²) in [5.74, 6) is 0. The molecule has 1 amide bonds. The summed E-state index contributed by atoms with van der Waals surface area (Å²) in [5, 5.41) is 0. The van der Waals surface area contributed by atoms with Gasteiger partial charge < -0.3 is 4.74 Å². The average molecular weight is 376 g/mol. The Balaban J connectivity index is 1.44. The number of carbonyl (C=O) groups excluding carboxylic acids is 1.